The van der Waals surface area contributed by atoms with Crippen molar-refractivity contribution in [2.75, 3.05) is 17.2 Å². The van der Waals surface area contributed by atoms with Gasteiger partial charge in [0.2, 0.25) is 0 Å². The SMILES string of the molecule is Nc1c(N(Cc2ccccc2)C(=O)COc2ccccc2F)c(=O)[nH]c(=O)n1Cc1ccccc1. The third-order valence-electron chi connectivity index (χ3n) is 5.34. The normalized spacial score (nSPS) is 10.7. The van der Waals surface area contributed by atoms with Crippen LogP contribution < -0.4 is 26.6 Å². The Balaban J connectivity index is 1.73. The van der Waals surface area contributed by atoms with E-state index in [9.17, 15) is 18.8 Å². The second-order valence-corrected chi connectivity index (χ2v) is 7.75. The molecule has 0 saturated carbocycles. The maximum atomic E-state index is 14.0. The minimum atomic E-state index is -0.813. The standard InChI is InChI=1S/C26H23FN4O4/c27-20-13-7-8-14-21(20)35-17-22(32)30(15-18-9-3-1-4-10-18)23-24(28)31(26(34)29-25(23)33)16-19-11-5-2-6-12-19/h1-14H,15-17,28H2,(H,29,33,34). The van der Waals surface area contributed by atoms with E-state index in [1.807, 2.05) is 36.4 Å². The van der Waals surface area contributed by atoms with Crippen LogP contribution in [-0.4, -0.2) is 22.1 Å². The average molecular weight is 474 g/mol. The first-order chi connectivity index (χ1) is 16.9. The van der Waals surface area contributed by atoms with Crippen LogP contribution in [0.2, 0.25) is 0 Å². The Morgan fingerprint density at radius 1 is 0.914 bits per heavy atom. The number of nitrogens with zero attached hydrogens (tertiary/aromatic N) is 2. The van der Waals surface area contributed by atoms with E-state index in [-0.39, 0.29) is 30.3 Å². The molecule has 0 aliphatic heterocycles. The van der Waals surface area contributed by atoms with E-state index < -0.39 is 29.6 Å². The summed E-state index contributed by atoms with van der Waals surface area (Å²) in [5.41, 5.74) is 6.10. The third-order valence-corrected chi connectivity index (χ3v) is 5.34. The maximum absolute atomic E-state index is 14.0. The fourth-order valence-corrected chi connectivity index (χ4v) is 3.60. The van der Waals surface area contributed by atoms with E-state index >= 15 is 0 Å². The van der Waals surface area contributed by atoms with Crippen molar-refractivity contribution in [2.45, 2.75) is 13.1 Å². The summed E-state index contributed by atoms with van der Waals surface area (Å²) in [4.78, 5) is 42.1. The minimum absolute atomic E-state index is 0.0167. The van der Waals surface area contributed by atoms with E-state index in [4.69, 9.17) is 10.5 Å². The Morgan fingerprint density at radius 3 is 2.17 bits per heavy atom. The quantitative estimate of drug-likeness (QED) is 0.408. The predicted octanol–water partition coefficient (Wildman–Crippen LogP) is 2.92. The van der Waals surface area contributed by atoms with Crippen LogP contribution in [0.25, 0.3) is 0 Å². The van der Waals surface area contributed by atoms with E-state index in [0.717, 1.165) is 10.5 Å². The van der Waals surface area contributed by atoms with Crippen LogP contribution in [0.5, 0.6) is 5.75 Å². The minimum Gasteiger partial charge on any atom is -0.481 e. The number of aromatic amines is 1. The molecule has 1 aromatic heterocycles. The summed E-state index contributed by atoms with van der Waals surface area (Å²) in [7, 11) is 0. The highest BCUT2D eigenvalue weighted by molar-refractivity contribution is 5.96. The van der Waals surface area contributed by atoms with Crippen LogP contribution in [0, 0.1) is 5.82 Å². The molecule has 1 heterocycles. The van der Waals surface area contributed by atoms with Gasteiger partial charge in [0.25, 0.3) is 11.5 Å². The van der Waals surface area contributed by atoms with Gasteiger partial charge in [0, 0.05) is 0 Å². The lowest BCUT2D eigenvalue weighted by Crippen LogP contribution is -2.42. The number of ether oxygens (including phenoxy) is 1. The Hall–Kier alpha value is -4.66. The summed E-state index contributed by atoms with van der Waals surface area (Å²) in [6, 6.07) is 23.7. The lowest BCUT2D eigenvalue weighted by molar-refractivity contribution is -0.120. The van der Waals surface area contributed by atoms with Gasteiger partial charge in [0.05, 0.1) is 13.1 Å². The zero-order valence-electron chi connectivity index (χ0n) is 18.7. The summed E-state index contributed by atoms with van der Waals surface area (Å²) in [5.74, 6) is -1.53. The van der Waals surface area contributed by atoms with Crippen molar-refractivity contribution < 1.29 is 13.9 Å². The molecule has 0 aliphatic carbocycles. The number of hydrogen-bond donors (Lipinski definition) is 2. The number of hydrogen-bond acceptors (Lipinski definition) is 5. The van der Waals surface area contributed by atoms with Crippen molar-refractivity contribution in [2.24, 2.45) is 0 Å². The van der Waals surface area contributed by atoms with Gasteiger partial charge in [-0.1, -0.05) is 72.8 Å². The number of rotatable bonds is 8. The van der Waals surface area contributed by atoms with Gasteiger partial charge in [-0.05, 0) is 23.3 Å². The van der Waals surface area contributed by atoms with Gasteiger partial charge in [0.15, 0.2) is 23.9 Å². The lowest BCUT2D eigenvalue weighted by atomic mass is 10.2. The maximum Gasteiger partial charge on any atom is 0.330 e. The zero-order valence-corrected chi connectivity index (χ0v) is 18.7. The number of halogens is 1. The number of H-pyrrole nitrogens is 1. The number of anilines is 2. The van der Waals surface area contributed by atoms with Crippen LogP contribution in [0.3, 0.4) is 0 Å². The van der Waals surface area contributed by atoms with Gasteiger partial charge in [-0.3, -0.25) is 24.0 Å². The van der Waals surface area contributed by atoms with Gasteiger partial charge in [-0.25, -0.2) is 9.18 Å². The van der Waals surface area contributed by atoms with Gasteiger partial charge in [0.1, 0.15) is 5.82 Å². The number of aromatic nitrogens is 2. The molecule has 8 nitrogen and oxygen atoms in total. The number of carbonyl (C=O) groups excluding carboxylic acids is 1. The molecule has 0 unspecified atom stereocenters. The van der Waals surface area contributed by atoms with Crippen LogP contribution in [0.1, 0.15) is 11.1 Å². The van der Waals surface area contributed by atoms with Crippen molar-refractivity contribution in [3.05, 3.63) is 123 Å². The molecule has 35 heavy (non-hydrogen) atoms. The Morgan fingerprint density at radius 2 is 1.51 bits per heavy atom. The van der Waals surface area contributed by atoms with Gasteiger partial charge in [-0.15, -0.1) is 0 Å². The van der Waals surface area contributed by atoms with Crippen molar-refractivity contribution in [3.8, 4) is 5.75 Å². The molecule has 4 rings (SSSR count). The van der Waals surface area contributed by atoms with Crippen LogP contribution in [-0.2, 0) is 17.9 Å². The number of nitrogens with two attached hydrogens (primary N) is 1. The fourth-order valence-electron chi connectivity index (χ4n) is 3.60. The fraction of sp³-hybridized carbons (Fsp3) is 0.115. The number of nitrogen functional groups attached to an aromatic ring is 1. The topological polar surface area (TPSA) is 110 Å². The first kappa shape index (κ1) is 23.5. The van der Waals surface area contributed by atoms with E-state index in [2.05, 4.69) is 4.98 Å². The molecule has 178 valence electrons. The van der Waals surface area contributed by atoms with Crippen molar-refractivity contribution >= 4 is 17.4 Å². The third kappa shape index (κ3) is 5.47. The molecule has 0 radical (unpaired) electrons. The van der Waals surface area contributed by atoms with Gasteiger partial charge < -0.3 is 10.5 Å². The molecule has 3 aromatic carbocycles. The number of carbonyl (C=O) groups is 1. The summed E-state index contributed by atoms with van der Waals surface area (Å²) < 4.78 is 20.6. The highest BCUT2D eigenvalue weighted by Crippen LogP contribution is 2.22. The van der Waals surface area contributed by atoms with Gasteiger partial charge in [-0.2, -0.15) is 0 Å². The first-order valence-corrected chi connectivity index (χ1v) is 10.8. The smallest absolute Gasteiger partial charge is 0.330 e. The largest absolute Gasteiger partial charge is 0.481 e. The molecule has 0 saturated heterocycles. The van der Waals surface area contributed by atoms with Crippen molar-refractivity contribution in [1.82, 2.24) is 9.55 Å². The Bertz CT molecular complexity index is 1440. The molecule has 0 spiro atoms. The first-order valence-electron chi connectivity index (χ1n) is 10.8. The number of benzene rings is 3. The van der Waals surface area contributed by atoms with E-state index in [0.29, 0.717) is 5.56 Å². The molecule has 0 bridgehead atoms. The van der Waals surface area contributed by atoms with Crippen LogP contribution >= 0.6 is 0 Å². The van der Waals surface area contributed by atoms with Crippen LogP contribution in [0.4, 0.5) is 15.9 Å². The summed E-state index contributed by atoms with van der Waals surface area (Å²) in [6.45, 7) is -0.476. The molecular formula is C26H23FN4O4. The van der Waals surface area contributed by atoms with Gasteiger partial charge >= 0.3 is 5.69 Å². The molecule has 9 heteroatoms. The average Bonchev–Trinajstić information content (AvgIpc) is 2.86. The number of para-hydroxylation sites is 1. The number of amides is 1. The predicted molar refractivity (Wildman–Crippen MR) is 131 cm³/mol. The van der Waals surface area contributed by atoms with Crippen molar-refractivity contribution in [3.63, 3.8) is 0 Å². The lowest BCUT2D eigenvalue weighted by Gasteiger charge is -2.25. The molecular weight excluding hydrogens is 451 g/mol. The van der Waals surface area contributed by atoms with Crippen LogP contribution in [0.15, 0.2) is 94.5 Å². The Labute approximate surface area is 200 Å². The molecule has 3 N–H and O–H groups in total. The highest BCUT2D eigenvalue weighted by Gasteiger charge is 2.25. The van der Waals surface area contributed by atoms with E-state index in [1.54, 1.807) is 30.3 Å². The molecule has 4 aromatic rings. The zero-order chi connectivity index (χ0) is 24.8. The summed E-state index contributed by atoms with van der Waals surface area (Å²) in [6.07, 6.45) is 0. The molecule has 0 fully saturated rings. The highest BCUT2D eigenvalue weighted by atomic mass is 19.1. The molecule has 1 amide bonds. The Kier molecular flexibility index (Phi) is 7.06. The second-order valence-electron chi connectivity index (χ2n) is 7.75. The summed E-state index contributed by atoms with van der Waals surface area (Å²) >= 11 is 0. The van der Waals surface area contributed by atoms with Crippen molar-refractivity contribution in [1.29, 1.82) is 0 Å². The molecule has 0 atom stereocenters. The molecule has 0 aliphatic rings. The number of nitrogens with one attached hydrogen (secondary N) is 1. The second kappa shape index (κ2) is 10.5. The monoisotopic (exact) mass is 474 g/mol. The summed E-state index contributed by atoms with van der Waals surface area (Å²) in [5, 5.41) is 0. The van der Waals surface area contributed by atoms with E-state index in [1.165, 1.54) is 22.8 Å².